The van der Waals surface area contributed by atoms with Crippen molar-refractivity contribution in [2.24, 2.45) is 0 Å². The average Bonchev–Trinajstić information content (AvgIpc) is 2.87. The molecule has 1 aliphatic heterocycles. The number of anilines is 1. The smallest absolute Gasteiger partial charge is 0.337 e. The van der Waals surface area contributed by atoms with Gasteiger partial charge in [-0.2, -0.15) is 0 Å². The molecule has 0 bridgehead atoms. The number of rotatable bonds is 6. The molecule has 2 aromatic heterocycles. The largest absolute Gasteiger partial charge is 0.493 e. The molecule has 9 nitrogen and oxygen atoms in total. The predicted octanol–water partition coefficient (Wildman–Crippen LogP) is 2.93. The molecule has 0 aliphatic carbocycles. The summed E-state index contributed by atoms with van der Waals surface area (Å²) in [5.41, 5.74) is 0.341. The van der Waals surface area contributed by atoms with Crippen LogP contribution in [-0.2, 0) is 9.53 Å². The Hall–Kier alpha value is -3.88. The molecule has 0 spiro atoms. The van der Waals surface area contributed by atoms with Gasteiger partial charge in [-0.25, -0.2) is 9.78 Å². The second kappa shape index (κ2) is 9.94. The van der Waals surface area contributed by atoms with Gasteiger partial charge in [0, 0.05) is 55.0 Å². The second-order valence-corrected chi connectivity index (χ2v) is 8.18. The number of ether oxygens (including phenoxy) is 3. The van der Waals surface area contributed by atoms with Crippen molar-refractivity contribution in [2.75, 3.05) is 38.8 Å². The fourth-order valence-electron chi connectivity index (χ4n) is 4.21. The van der Waals surface area contributed by atoms with Crippen LogP contribution >= 0.6 is 0 Å². The van der Waals surface area contributed by atoms with E-state index in [0.29, 0.717) is 36.7 Å². The molecule has 1 amide bonds. The number of benzene rings is 1. The number of esters is 1. The zero-order chi connectivity index (χ0) is 24.2. The van der Waals surface area contributed by atoms with Gasteiger partial charge in [-0.15, -0.1) is 0 Å². The highest BCUT2D eigenvalue weighted by Gasteiger charge is 2.32. The van der Waals surface area contributed by atoms with E-state index >= 15 is 0 Å². The summed E-state index contributed by atoms with van der Waals surface area (Å²) in [6.07, 6.45) is 4.65. The summed E-state index contributed by atoms with van der Waals surface area (Å²) in [5, 5.41) is 2.08. The van der Waals surface area contributed by atoms with E-state index in [1.165, 1.54) is 20.3 Å². The lowest BCUT2D eigenvalue weighted by Gasteiger charge is -2.41. The Morgan fingerprint density at radius 3 is 2.65 bits per heavy atom. The van der Waals surface area contributed by atoms with Crippen LogP contribution in [0.4, 0.5) is 5.82 Å². The molecular weight excluding hydrogens is 436 g/mol. The third-order valence-electron chi connectivity index (χ3n) is 5.99. The molecule has 0 radical (unpaired) electrons. The second-order valence-electron chi connectivity index (χ2n) is 8.18. The maximum atomic E-state index is 13.2. The van der Waals surface area contributed by atoms with Crippen molar-refractivity contribution in [1.82, 2.24) is 14.9 Å². The molecule has 3 aromatic rings. The first-order valence-electron chi connectivity index (χ1n) is 11.1. The lowest BCUT2D eigenvalue weighted by atomic mass is 10.1. The van der Waals surface area contributed by atoms with Gasteiger partial charge in [-0.3, -0.25) is 9.78 Å². The number of hydrogen-bond acceptors (Lipinski definition) is 8. The van der Waals surface area contributed by atoms with Crippen LogP contribution in [-0.4, -0.2) is 72.7 Å². The van der Waals surface area contributed by atoms with Crippen LogP contribution in [0.5, 0.6) is 11.5 Å². The SMILES string of the molecule is COC(=O)c1ccc(O[C@@H](C)C(=O)N2CCN(c3nccc4cnccc34)C[C@H]2C)c(OC)c1. The molecular formula is C25H28N4O5. The third kappa shape index (κ3) is 4.59. The van der Waals surface area contributed by atoms with Crippen LogP contribution < -0.4 is 14.4 Å². The van der Waals surface area contributed by atoms with Gasteiger partial charge < -0.3 is 24.0 Å². The highest BCUT2D eigenvalue weighted by Crippen LogP contribution is 2.30. The third-order valence-corrected chi connectivity index (χ3v) is 5.99. The highest BCUT2D eigenvalue weighted by molar-refractivity contribution is 5.92. The standard InChI is InChI=1S/C25H28N4O5/c1-16-15-28(23-20-8-9-26-14-19(20)7-10-27-23)11-12-29(16)24(30)17(2)34-21-6-5-18(25(31)33-4)13-22(21)32-3/h5-10,13-14,16-17H,11-12,15H2,1-4H3/t16-,17+/m1/s1. The fraction of sp³-hybridized carbons (Fsp3) is 0.360. The number of methoxy groups -OCH3 is 2. The first kappa shape index (κ1) is 23.3. The first-order valence-corrected chi connectivity index (χ1v) is 11.1. The van der Waals surface area contributed by atoms with Crippen molar-refractivity contribution in [2.45, 2.75) is 26.0 Å². The van der Waals surface area contributed by atoms with Crippen LogP contribution in [0.2, 0.25) is 0 Å². The van der Waals surface area contributed by atoms with Crippen molar-refractivity contribution in [1.29, 1.82) is 0 Å². The summed E-state index contributed by atoms with van der Waals surface area (Å²) in [6, 6.07) is 8.60. The van der Waals surface area contributed by atoms with Gasteiger partial charge in [0.2, 0.25) is 0 Å². The average molecular weight is 465 g/mol. The molecule has 4 rings (SSSR count). The zero-order valence-corrected chi connectivity index (χ0v) is 19.7. The molecule has 1 aliphatic rings. The summed E-state index contributed by atoms with van der Waals surface area (Å²) in [4.78, 5) is 37.8. The van der Waals surface area contributed by atoms with Crippen LogP contribution in [0.3, 0.4) is 0 Å². The summed E-state index contributed by atoms with van der Waals surface area (Å²) in [6.45, 7) is 5.61. The topological polar surface area (TPSA) is 94.1 Å². The van der Waals surface area contributed by atoms with Crippen LogP contribution in [0.15, 0.2) is 48.9 Å². The molecule has 2 atom stereocenters. The van der Waals surface area contributed by atoms with E-state index in [0.717, 1.165) is 16.6 Å². The number of carbonyl (C=O) groups is 2. The molecule has 0 saturated carbocycles. The molecule has 0 unspecified atom stereocenters. The molecule has 34 heavy (non-hydrogen) atoms. The van der Waals surface area contributed by atoms with Crippen molar-refractivity contribution in [3.8, 4) is 11.5 Å². The van der Waals surface area contributed by atoms with Crippen molar-refractivity contribution in [3.63, 3.8) is 0 Å². The Morgan fingerprint density at radius 2 is 1.91 bits per heavy atom. The van der Waals surface area contributed by atoms with Gasteiger partial charge in [-0.05, 0) is 44.2 Å². The van der Waals surface area contributed by atoms with E-state index in [2.05, 4.69) is 14.9 Å². The van der Waals surface area contributed by atoms with E-state index in [-0.39, 0.29) is 11.9 Å². The Balaban J connectivity index is 1.44. The molecule has 1 fully saturated rings. The lowest BCUT2D eigenvalue weighted by molar-refractivity contribution is -0.140. The van der Waals surface area contributed by atoms with E-state index in [1.54, 1.807) is 31.5 Å². The van der Waals surface area contributed by atoms with Crippen LogP contribution in [0, 0.1) is 0 Å². The summed E-state index contributed by atoms with van der Waals surface area (Å²) in [5.74, 6) is 1.06. The number of hydrogen-bond donors (Lipinski definition) is 0. The number of fused-ring (bicyclic) bond motifs is 1. The number of aromatic nitrogens is 2. The Bertz CT molecular complexity index is 1200. The minimum Gasteiger partial charge on any atom is -0.493 e. The minimum atomic E-state index is -0.728. The van der Waals surface area contributed by atoms with Gasteiger partial charge in [0.15, 0.2) is 17.6 Å². The van der Waals surface area contributed by atoms with Gasteiger partial charge >= 0.3 is 5.97 Å². The quantitative estimate of drug-likeness (QED) is 0.514. The van der Waals surface area contributed by atoms with Crippen molar-refractivity contribution < 1.29 is 23.8 Å². The first-order chi connectivity index (χ1) is 16.4. The molecule has 0 N–H and O–H groups in total. The summed E-state index contributed by atoms with van der Waals surface area (Å²) < 4.78 is 16.0. The van der Waals surface area contributed by atoms with Gasteiger partial charge in [0.1, 0.15) is 5.82 Å². The number of amides is 1. The van der Waals surface area contributed by atoms with Gasteiger partial charge in [0.25, 0.3) is 5.91 Å². The molecule has 1 aromatic carbocycles. The number of pyridine rings is 2. The molecule has 3 heterocycles. The molecule has 178 valence electrons. The Labute approximate surface area is 198 Å². The maximum Gasteiger partial charge on any atom is 0.337 e. The van der Waals surface area contributed by atoms with Gasteiger partial charge in [0.05, 0.1) is 19.8 Å². The fourth-order valence-corrected chi connectivity index (χ4v) is 4.21. The number of piperazine rings is 1. The van der Waals surface area contributed by atoms with E-state index in [1.807, 2.05) is 30.2 Å². The Morgan fingerprint density at radius 1 is 1.09 bits per heavy atom. The summed E-state index contributed by atoms with van der Waals surface area (Å²) >= 11 is 0. The zero-order valence-electron chi connectivity index (χ0n) is 19.7. The van der Waals surface area contributed by atoms with E-state index < -0.39 is 12.1 Å². The minimum absolute atomic E-state index is 0.0326. The lowest BCUT2D eigenvalue weighted by Crippen LogP contribution is -2.56. The van der Waals surface area contributed by atoms with Crippen molar-refractivity contribution in [3.05, 3.63) is 54.5 Å². The predicted molar refractivity (Wildman–Crippen MR) is 127 cm³/mol. The molecule has 1 saturated heterocycles. The molecule has 9 heteroatoms. The van der Waals surface area contributed by atoms with Crippen LogP contribution in [0.1, 0.15) is 24.2 Å². The number of nitrogens with zero attached hydrogens (tertiary/aromatic N) is 4. The Kier molecular flexibility index (Phi) is 6.81. The van der Waals surface area contributed by atoms with E-state index in [4.69, 9.17) is 14.2 Å². The highest BCUT2D eigenvalue weighted by atomic mass is 16.5. The number of carbonyl (C=O) groups excluding carboxylic acids is 2. The van der Waals surface area contributed by atoms with Crippen molar-refractivity contribution >= 4 is 28.5 Å². The summed E-state index contributed by atoms with van der Waals surface area (Å²) in [7, 11) is 2.79. The van der Waals surface area contributed by atoms with E-state index in [9.17, 15) is 9.59 Å². The normalized spacial score (nSPS) is 16.8. The maximum absolute atomic E-state index is 13.2. The van der Waals surface area contributed by atoms with Crippen LogP contribution in [0.25, 0.3) is 10.8 Å². The monoisotopic (exact) mass is 464 g/mol. The van der Waals surface area contributed by atoms with Gasteiger partial charge in [-0.1, -0.05) is 0 Å².